The zero-order valence-corrected chi connectivity index (χ0v) is 15.3. The van der Waals surface area contributed by atoms with Crippen LogP contribution >= 0.6 is 15.9 Å². The van der Waals surface area contributed by atoms with Crippen molar-refractivity contribution >= 4 is 31.7 Å². The zero-order chi connectivity index (χ0) is 17.0. The van der Waals surface area contributed by atoms with Gasteiger partial charge in [0.2, 0.25) is 0 Å². The van der Waals surface area contributed by atoms with E-state index in [0.29, 0.717) is 0 Å². The van der Waals surface area contributed by atoms with Gasteiger partial charge in [-0.2, -0.15) is 0 Å². The minimum atomic E-state index is -3.45. The van der Waals surface area contributed by atoms with Gasteiger partial charge in [0.15, 0.2) is 9.84 Å². The third kappa shape index (κ3) is 4.00. The monoisotopic (exact) mass is 395 g/mol. The molecule has 0 unspecified atom stereocenters. The molecule has 122 valence electrons. The van der Waals surface area contributed by atoms with Crippen molar-refractivity contribution in [3.05, 3.63) is 64.1 Å². The van der Waals surface area contributed by atoms with Crippen molar-refractivity contribution in [2.24, 2.45) is 0 Å². The van der Waals surface area contributed by atoms with Crippen LogP contribution < -0.4 is 5.32 Å². The van der Waals surface area contributed by atoms with E-state index >= 15 is 0 Å². The van der Waals surface area contributed by atoms with Gasteiger partial charge in [0, 0.05) is 4.47 Å². The van der Waals surface area contributed by atoms with Crippen LogP contribution in [0.2, 0.25) is 0 Å². The van der Waals surface area contributed by atoms with Gasteiger partial charge in [-0.3, -0.25) is 4.79 Å². The number of nitrogens with one attached hydrogen (secondary N) is 1. The number of sulfone groups is 1. The van der Waals surface area contributed by atoms with Gasteiger partial charge in [-0.25, -0.2) is 8.42 Å². The fraction of sp³-hybridized carbons (Fsp3) is 0.235. The Hall–Kier alpha value is -1.66. The van der Waals surface area contributed by atoms with Crippen LogP contribution in [-0.2, 0) is 9.84 Å². The molecule has 4 nitrogen and oxygen atoms in total. The Morgan fingerprint density at radius 3 is 2.39 bits per heavy atom. The van der Waals surface area contributed by atoms with Crippen molar-refractivity contribution in [2.45, 2.75) is 24.8 Å². The fourth-order valence-corrected chi connectivity index (χ4v) is 3.98. The maximum absolute atomic E-state index is 12.5. The van der Waals surface area contributed by atoms with Gasteiger partial charge in [-0.15, -0.1) is 0 Å². The molecule has 1 amide bonds. The van der Waals surface area contributed by atoms with E-state index in [0.717, 1.165) is 10.0 Å². The van der Waals surface area contributed by atoms with Crippen molar-refractivity contribution < 1.29 is 13.2 Å². The molecule has 23 heavy (non-hydrogen) atoms. The first-order chi connectivity index (χ1) is 10.9. The van der Waals surface area contributed by atoms with Crippen molar-refractivity contribution in [3.63, 3.8) is 0 Å². The molecule has 2 aromatic rings. The molecule has 0 saturated heterocycles. The van der Waals surface area contributed by atoms with Crippen LogP contribution in [0.5, 0.6) is 0 Å². The minimum Gasteiger partial charge on any atom is -0.345 e. The number of hydrogen-bond donors (Lipinski definition) is 1. The highest BCUT2D eigenvalue weighted by atomic mass is 79.9. The molecule has 0 saturated carbocycles. The molecule has 0 bridgehead atoms. The predicted molar refractivity (Wildman–Crippen MR) is 94.2 cm³/mol. The Labute approximate surface area is 145 Å². The summed E-state index contributed by atoms with van der Waals surface area (Å²) in [5.74, 6) is -0.447. The van der Waals surface area contributed by atoms with Crippen molar-refractivity contribution in [1.29, 1.82) is 0 Å². The van der Waals surface area contributed by atoms with Crippen LogP contribution in [0.3, 0.4) is 0 Å². The smallest absolute Gasteiger partial charge is 0.253 e. The van der Waals surface area contributed by atoms with Crippen molar-refractivity contribution in [1.82, 2.24) is 5.32 Å². The summed E-state index contributed by atoms with van der Waals surface area (Å²) in [4.78, 5) is 12.6. The molecule has 6 heteroatoms. The topological polar surface area (TPSA) is 63.2 Å². The van der Waals surface area contributed by atoms with Gasteiger partial charge in [0.05, 0.1) is 22.3 Å². The normalized spacial score (nSPS) is 12.7. The van der Waals surface area contributed by atoms with E-state index in [4.69, 9.17) is 0 Å². The van der Waals surface area contributed by atoms with Gasteiger partial charge < -0.3 is 5.32 Å². The molecule has 2 aromatic carbocycles. The molecular weight excluding hydrogens is 378 g/mol. The van der Waals surface area contributed by atoms with E-state index < -0.39 is 15.7 Å². The van der Waals surface area contributed by atoms with Gasteiger partial charge in [-0.1, -0.05) is 53.2 Å². The zero-order valence-electron chi connectivity index (χ0n) is 12.9. The Balaban J connectivity index is 2.31. The van der Waals surface area contributed by atoms with E-state index in [-0.39, 0.29) is 22.3 Å². The first-order valence-corrected chi connectivity index (χ1v) is 9.68. The predicted octanol–water partition coefficient (Wildman–Crippen LogP) is 3.73. The molecule has 0 aliphatic rings. The second-order valence-electron chi connectivity index (χ2n) is 5.12. The standard InChI is InChI=1S/C17H18BrNO3S/c1-3-23(21,22)16-11-7-5-9-14(16)17(20)19-12(2)13-8-4-6-10-15(13)18/h4-12H,3H2,1-2H3,(H,19,20)/t12-/m1/s1. The minimum absolute atomic E-state index is 0.0446. The van der Waals surface area contributed by atoms with E-state index in [1.54, 1.807) is 19.1 Å². The number of hydrogen-bond acceptors (Lipinski definition) is 3. The number of benzene rings is 2. The van der Waals surface area contributed by atoms with E-state index in [2.05, 4.69) is 21.2 Å². The quantitative estimate of drug-likeness (QED) is 0.838. The third-order valence-corrected chi connectivity index (χ3v) is 6.07. The molecule has 0 fully saturated rings. The second kappa shape index (κ2) is 7.27. The molecule has 0 aliphatic heterocycles. The summed E-state index contributed by atoms with van der Waals surface area (Å²) >= 11 is 3.45. The van der Waals surface area contributed by atoms with Gasteiger partial charge >= 0.3 is 0 Å². The summed E-state index contributed by atoms with van der Waals surface area (Å²) in [6, 6.07) is 13.6. The van der Waals surface area contributed by atoms with Crippen molar-refractivity contribution in [3.8, 4) is 0 Å². The Morgan fingerprint density at radius 2 is 1.74 bits per heavy atom. The van der Waals surface area contributed by atoms with Crippen LogP contribution in [0.4, 0.5) is 0 Å². The molecule has 0 heterocycles. The lowest BCUT2D eigenvalue weighted by atomic mass is 10.1. The highest BCUT2D eigenvalue weighted by molar-refractivity contribution is 9.10. The summed E-state index contributed by atoms with van der Waals surface area (Å²) in [6.07, 6.45) is 0. The van der Waals surface area contributed by atoms with Gasteiger partial charge in [-0.05, 0) is 30.7 Å². The molecule has 1 N–H and O–H groups in total. The molecule has 2 rings (SSSR count). The van der Waals surface area contributed by atoms with Gasteiger partial charge in [0.1, 0.15) is 0 Å². The summed E-state index contributed by atoms with van der Waals surface area (Å²) < 4.78 is 25.2. The Bertz CT molecular complexity index is 818. The van der Waals surface area contributed by atoms with Crippen LogP contribution in [0.25, 0.3) is 0 Å². The first kappa shape index (κ1) is 17.7. The molecule has 0 aromatic heterocycles. The molecule has 0 radical (unpaired) electrons. The number of carbonyl (C=O) groups excluding carboxylic acids is 1. The first-order valence-electron chi connectivity index (χ1n) is 7.24. The Morgan fingerprint density at radius 1 is 1.13 bits per heavy atom. The SMILES string of the molecule is CCS(=O)(=O)c1ccccc1C(=O)N[C@H](C)c1ccccc1Br. The lowest BCUT2D eigenvalue weighted by Crippen LogP contribution is -2.28. The fourth-order valence-electron chi connectivity index (χ4n) is 2.26. The number of amides is 1. The molecule has 1 atom stereocenters. The van der Waals surface area contributed by atoms with Crippen LogP contribution in [0.15, 0.2) is 57.9 Å². The summed E-state index contributed by atoms with van der Waals surface area (Å²) in [5.41, 5.74) is 1.10. The van der Waals surface area contributed by atoms with E-state index in [9.17, 15) is 13.2 Å². The average Bonchev–Trinajstić information content (AvgIpc) is 2.55. The molecule has 0 aliphatic carbocycles. The van der Waals surface area contributed by atoms with Crippen LogP contribution in [0.1, 0.15) is 35.8 Å². The maximum atomic E-state index is 12.5. The van der Waals surface area contributed by atoms with Gasteiger partial charge in [0.25, 0.3) is 5.91 Å². The largest absolute Gasteiger partial charge is 0.345 e. The maximum Gasteiger partial charge on any atom is 0.253 e. The lowest BCUT2D eigenvalue weighted by Gasteiger charge is -2.17. The average molecular weight is 396 g/mol. The highest BCUT2D eigenvalue weighted by Gasteiger charge is 2.22. The van der Waals surface area contributed by atoms with E-state index in [1.807, 2.05) is 31.2 Å². The number of rotatable bonds is 5. The number of halogens is 1. The van der Waals surface area contributed by atoms with Crippen LogP contribution in [0, 0.1) is 0 Å². The summed E-state index contributed by atoms with van der Waals surface area (Å²) in [7, 11) is -3.45. The van der Waals surface area contributed by atoms with Crippen molar-refractivity contribution in [2.75, 3.05) is 5.75 Å². The highest BCUT2D eigenvalue weighted by Crippen LogP contribution is 2.24. The summed E-state index contributed by atoms with van der Waals surface area (Å²) in [6.45, 7) is 3.42. The third-order valence-electron chi connectivity index (χ3n) is 3.57. The second-order valence-corrected chi connectivity index (χ2v) is 8.22. The summed E-state index contributed by atoms with van der Waals surface area (Å²) in [5, 5.41) is 2.86. The Kier molecular flexibility index (Phi) is 5.59. The van der Waals surface area contributed by atoms with E-state index in [1.165, 1.54) is 12.1 Å². The number of carbonyl (C=O) groups is 1. The lowest BCUT2D eigenvalue weighted by molar-refractivity contribution is 0.0936. The van der Waals surface area contributed by atoms with Crippen LogP contribution in [-0.4, -0.2) is 20.1 Å². The molecular formula is C17H18BrNO3S. The molecule has 0 spiro atoms.